The van der Waals surface area contributed by atoms with Crippen molar-refractivity contribution in [3.05, 3.63) is 78.2 Å². The molecule has 0 saturated heterocycles. The number of benzene rings is 2. The first-order chi connectivity index (χ1) is 15.5. The lowest BCUT2D eigenvalue weighted by atomic mass is 9.64. The van der Waals surface area contributed by atoms with Crippen LogP contribution >= 0.6 is 0 Å². The standard InChI is InChI=1S/C28H31F3O/c1-3-5-12-32-27-11-10-22(15-24(27)29)28-25(30)16-23(17-26(28)31)21-9-8-19-13-18(4-2)6-7-20(19)14-21/h3-5,10-11,15-21H,2,6-9,12-14H2,1H3/b5-3+. The lowest BCUT2D eigenvalue weighted by Crippen LogP contribution is -2.30. The Balaban J connectivity index is 1.52. The molecule has 0 bridgehead atoms. The Bertz CT molecular complexity index is 973. The van der Waals surface area contributed by atoms with Crippen LogP contribution in [0.2, 0.25) is 0 Å². The molecule has 0 N–H and O–H groups in total. The topological polar surface area (TPSA) is 9.23 Å². The summed E-state index contributed by atoms with van der Waals surface area (Å²) < 4.78 is 49.8. The Hall–Kier alpha value is -2.49. The van der Waals surface area contributed by atoms with Gasteiger partial charge in [0.2, 0.25) is 0 Å². The number of fused-ring (bicyclic) bond motifs is 1. The van der Waals surface area contributed by atoms with Crippen LogP contribution in [0.5, 0.6) is 5.75 Å². The number of hydrogen-bond donors (Lipinski definition) is 0. The Morgan fingerprint density at radius 3 is 2.34 bits per heavy atom. The van der Waals surface area contributed by atoms with Gasteiger partial charge in [-0.2, -0.15) is 0 Å². The average Bonchev–Trinajstić information content (AvgIpc) is 2.79. The van der Waals surface area contributed by atoms with Gasteiger partial charge in [0, 0.05) is 0 Å². The van der Waals surface area contributed by atoms with Crippen LogP contribution in [0.25, 0.3) is 11.1 Å². The van der Waals surface area contributed by atoms with Crippen molar-refractivity contribution in [2.75, 3.05) is 6.61 Å². The van der Waals surface area contributed by atoms with Crippen LogP contribution in [0.4, 0.5) is 13.2 Å². The maximum Gasteiger partial charge on any atom is 0.165 e. The Labute approximate surface area is 189 Å². The van der Waals surface area contributed by atoms with E-state index in [1.807, 2.05) is 6.92 Å². The van der Waals surface area contributed by atoms with Gasteiger partial charge < -0.3 is 4.74 Å². The highest BCUT2D eigenvalue weighted by Crippen LogP contribution is 2.48. The van der Waals surface area contributed by atoms with Crippen LogP contribution in [0.1, 0.15) is 56.9 Å². The minimum absolute atomic E-state index is 0.0622. The molecule has 4 heteroatoms. The lowest BCUT2D eigenvalue weighted by molar-refractivity contribution is 0.133. The molecule has 0 radical (unpaired) electrons. The molecule has 4 unspecified atom stereocenters. The summed E-state index contributed by atoms with van der Waals surface area (Å²) in [5, 5.41) is 0. The van der Waals surface area contributed by atoms with Gasteiger partial charge in [-0.25, -0.2) is 13.2 Å². The lowest BCUT2D eigenvalue weighted by Gasteiger charge is -2.41. The Morgan fingerprint density at radius 2 is 1.66 bits per heavy atom. The molecule has 0 aromatic heterocycles. The molecule has 2 saturated carbocycles. The summed E-state index contributed by atoms with van der Waals surface area (Å²) in [6.07, 6.45) is 12.2. The summed E-state index contributed by atoms with van der Waals surface area (Å²) in [6, 6.07) is 6.95. The van der Waals surface area contributed by atoms with E-state index >= 15 is 8.78 Å². The largest absolute Gasteiger partial charge is 0.486 e. The molecule has 2 fully saturated rings. The fraction of sp³-hybridized carbons (Fsp3) is 0.429. The van der Waals surface area contributed by atoms with Crippen molar-refractivity contribution in [2.24, 2.45) is 17.8 Å². The van der Waals surface area contributed by atoms with Crippen LogP contribution in [0.3, 0.4) is 0 Å². The summed E-state index contributed by atoms with van der Waals surface area (Å²) >= 11 is 0. The molecule has 1 nitrogen and oxygen atoms in total. The van der Waals surface area contributed by atoms with Gasteiger partial charge in [-0.3, -0.25) is 0 Å². The Kier molecular flexibility index (Phi) is 7.07. The average molecular weight is 441 g/mol. The van der Waals surface area contributed by atoms with Crippen molar-refractivity contribution in [2.45, 2.75) is 51.4 Å². The number of allylic oxidation sites excluding steroid dienone is 2. The van der Waals surface area contributed by atoms with E-state index in [1.165, 1.54) is 43.5 Å². The summed E-state index contributed by atoms with van der Waals surface area (Å²) in [6.45, 7) is 6.03. The number of rotatable bonds is 6. The fourth-order valence-corrected chi connectivity index (χ4v) is 5.55. The van der Waals surface area contributed by atoms with E-state index in [2.05, 4.69) is 12.7 Å². The number of hydrogen-bond acceptors (Lipinski definition) is 1. The van der Waals surface area contributed by atoms with E-state index in [1.54, 1.807) is 12.2 Å². The van der Waals surface area contributed by atoms with Gasteiger partial charge in [0.1, 0.15) is 18.2 Å². The molecule has 4 rings (SSSR count). The minimum atomic E-state index is -0.639. The van der Waals surface area contributed by atoms with Gasteiger partial charge >= 0.3 is 0 Å². The summed E-state index contributed by atoms with van der Waals surface area (Å²) in [7, 11) is 0. The monoisotopic (exact) mass is 440 g/mol. The zero-order valence-corrected chi connectivity index (χ0v) is 18.6. The second-order valence-electron chi connectivity index (χ2n) is 9.22. The van der Waals surface area contributed by atoms with Crippen LogP contribution < -0.4 is 4.74 Å². The molecule has 0 amide bonds. The van der Waals surface area contributed by atoms with Gasteiger partial charge in [0.05, 0.1) is 5.56 Å². The molecule has 0 heterocycles. The molecule has 2 aliphatic rings. The first-order valence-electron chi connectivity index (χ1n) is 11.7. The molecule has 4 atom stereocenters. The summed E-state index contributed by atoms with van der Waals surface area (Å²) in [5.41, 5.74) is 0.710. The molecular weight excluding hydrogens is 409 g/mol. The highest BCUT2D eigenvalue weighted by atomic mass is 19.1. The third kappa shape index (κ3) is 4.79. The van der Waals surface area contributed by atoms with E-state index in [0.29, 0.717) is 17.8 Å². The Morgan fingerprint density at radius 1 is 0.938 bits per heavy atom. The predicted octanol–water partition coefficient (Wildman–Crippen LogP) is 8.21. The smallest absolute Gasteiger partial charge is 0.165 e. The van der Waals surface area contributed by atoms with Crippen molar-refractivity contribution in [3.63, 3.8) is 0 Å². The SMILES string of the molecule is C=CC1CCC2CC(c3cc(F)c(-c4ccc(OC/C=C/C)c(F)c4)c(F)c3)CCC2C1. The zero-order chi connectivity index (χ0) is 22.7. The van der Waals surface area contributed by atoms with Crippen LogP contribution in [-0.2, 0) is 0 Å². The maximum atomic E-state index is 15.0. The third-order valence-electron chi connectivity index (χ3n) is 7.31. The minimum Gasteiger partial charge on any atom is -0.486 e. The van der Waals surface area contributed by atoms with Gasteiger partial charge in [0.15, 0.2) is 11.6 Å². The fourth-order valence-electron chi connectivity index (χ4n) is 5.55. The molecule has 32 heavy (non-hydrogen) atoms. The molecule has 2 aromatic rings. The highest BCUT2D eigenvalue weighted by Gasteiger charge is 2.35. The van der Waals surface area contributed by atoms with Crippen LogP contribution in [-0.4, -0.2) is 6.61 Å². The van der Waals surface area contributed by atoms with Crippen molar-refractivity contribution < 1.29 is 17.9 Å². The van der Waals surface area contributed by atoms with E-state index in [4.69, 9.17) is 4.74 Å². The first kappa shape index (κ1) is 22.7. The summed E-state index contributed by atoms with van der Waals surface area (Å²) in [4.78, 5) is 0. The third-order valence-corrected chi connectivity index (χ3v) is 7.31. The molecule has 2 aromatic carbocycles. The normalized spacial score (nSPS) is 25.5. The van der Waals surface area contributed by atoms with Crippen LogP contribution in [0, 0.1) is 35.2 Å². The van der Waals surface area contributed by atoms with E-state index in [0.717, 1.165) is 30.9 Å². The van der Waals surface area contributed by atoms with Crippen molar-refractivity contribution in [1.29, 1.82) is 0 Å². The van der Waals surface area contributed by atoms with Gasteiger partial charge in [0.25, 0.3) is 0 Å². The van der Waals surface area contributed by atoms with Crippen LogP contribution in [0.15, 0.2) is 55.1 Å². The predicted molar refractivity (Wildman–Crippen MR) is 123 cm³/mol. The molecule has 170 valence electrons. The highest BCUT2D eigenvalue weighted by molar-refractivity contribution is 5.66. The van der Waals surface area contributed by atoms with Crippen molar-refractivity contribution in [1.82, 2.24) is 0 Å². The van der Waals surface area contributed by atoms with Gasteiger partial charge in [-0.15, -0.1) is 6.58 Å². The summed E-state index contributed by atoms with van der Waals surface area (Å²) in [5.74, 6) is 0.263. The van der Waals surface area contributed by atoms with Gasteiger partial charge in [-0.05, 0) is 105 Å². The number of ether oxygens (including phenoxy) is 1. The molecule has 2 aliphatic carbocycles. The van der Waals surface area contributed by atoms with E-state index in [-0.39, 0.29) is 29.4 Å². The second kappa shape index (κ2) is 9.97. The van der Waals surface area contributed by atoms with E-state index < -0.39 is 17.5 Å². The molecule has 0 aliphatic heterocycles. The maximum absolute atomic E-state index is 15.0. The number of halogens is 3. The zero-order valence-electron chi connectivity index (χ0n) is 18.6. The van der Waals surface area contributed by atoms with Crippen molar-refractivity contribution >= 4 is 0 Å². The second-order valence-corrected chi connectivity index (χ2v) is 9.22. The molecular formula is C28H31F3O. The quantitative estimate of drug-likeness (QED) is 0.411. The molecule has 0 spiro atoms. The first-order valence-corrected chi connectivity index (χ1v) is 11.7. The van der Waals surface area contributed by atoms with Gasteiger partial charge in [-0.1, -0.05) is 24.3 Å². The van der Waals surface area contributed by atoms with Crippen molar-refractivity contribution in [3.8, 4) is 16.9 Å². The van der Waals surface area contributed by atoms with E-state index in [9.17, 15) is 4.39 Å².